The lowest BCUT2D eigenvalue weighted by atomic mass is 11.6. The SMILES string of the molecule is CN1P(C)N(C)P(C)N(C)P(C)N(C)P(C)N(C)P(C)N(C)P(C)N(C)P(C)N(C)P(C)N(C)P(C)N(C)P(C)N(C)P1C. The normalized spacial score (nSPS) is 42.0. The van der Waals surface area contributed by atoms with Gasteiger partial charge in [-0.25, -0.2) is 48.9 Å². The topological polar surface area (TPSA) is 35.6 Å². The Morgan fingerprint density at radius 3 is 0.250 bits per heavy atom. The fourth-order valence-electron chi connectivity index (χ4n) is 4.12. The summed E-state index contributed by atoms with van der Waals surface area (Å²) < 4.78 is 29.5. The molecular formula is C22H66N11P11. The van der Waals surface area contributed by atoms with Crippen molar-refractivity contribution in [3.63, 3.8) is 0 Å². The van der Waals surface area contributed by atoms with Crippen LogP contribution in [0.1, 0.15) is 0 Å². The van der Waals surface area contributed by atoms with Gasteiger partial charge >= 0.3 is 0 Å². The van der Waals surface area contributed by atoms with E-state index in [1.807, 2.05) is 0 Å². The van der Waals surface area contributed by atoms with Crippen LogP contribution in [0.5, 0.6) is 0 Å². The summed E-state index contributed by atoms with van der Waals surface area (Å²) in [6.45, 7) is 27.0. The van der Waals surface area contributed by atoms with Gasteiger partial charge < -0.3 is 0 Å². The number of nitrogens with zero attached hydrogens (tertiary/aromatic N) is 11. The van der Waals surface area contributed by atoms with Gasteiger partial charge in [0.15, 0.2) is 0 Å². The quantitative estimate of drug-likeness (QED) is 0.219. The summed E-state index contributed by atoms with van der Waals surface area (Å²) in [5.41, 5.74) is 0. The molecule has 1 aliphatic heterocycles. The molecule has 0 unspecified atom stereocenters. The Morgan fingerprint density at radius 2 is 0.205 bits per heavy atom. The van der Waals surface area contributed by atoms with Crippen LogP contribution in [0, 0.1) is 0 Å². The molecule has 0 atom stereocenters. The first-order valence-corrected chi connectivity index (χ1v) is 32.9. The van der Waals surface area contributed by atoms with E-state index in [-0.39, 0.29) is 0 Å². The lowest BCUT2D eigenvalue weighted by molar-refractivity contribution is 0.669. The molecule has 1 rings (SSSR count). The van der Waals surface area contributed by atoms with E-state index in [4.69, 9.17) is 0 Å². The van der Waals surface area contributed by atoms with Crippen LogP contribution in [0.2, 0.25) is 0 Å². The van der Waals surface area contributed by atoms with E-state index in [0.29, 0.717) is 0 Å². The predicted molar refractivity (Wildman–Crippen MR) is 227 cm³/mol. The zero-order valence-electron chi connectivity index (χ0n) is 31.8. The zero-order valence-corrected chi connectivity index (χ0v) is 41.7. The van der Waals surface area contributed by atoms with Gasteiger partial charge in [-0.2, -0.15) is 0 Å². The summed E-state index contributed by atoms with van der Waals surface area (Å²) in [7, 11) is 21.2. The molecule has 0 saturated carbocycles. The van der Waals surface area contributed by atoms with Gasteiger partial charge in [0.25, 0.3) is 0 Å². The minimum atomic E-state index is -0.430. The van der Waals surface area contributed by atoms with E-state index in [9.17, 15) is 0 Å². The Bertz CT molecular complexity index is 526. The van der Waals surface area contributed by atoms with E-state index >= 15 is 0 Å². The number of hydrogen-bond donors (Lipinski definition) is 0. The van der Waals surface area contributed by atoms with Crippen LogP contribution < -0.4 is 0 Å². The molecular weight excluding hydrogens is 759 g/mol. The maximum Gasteiger partial charge on any atom is 0.0450 e. The van der Waals surface area contributed by atoms with Crippen molar-refractivity contribution >= 4 is 90.5 Å². The number of rotatable bonds is 0. The van der Waals surface area contributed by atoms with Gasteiger partial charge in [0.1, 0.15) is 0 Å². The summed E-state index contributed by atoms with van der Waals surface area (Å²) >= 11 is 0. The molecule has 0 bridgehead atoms. The lowest BCUT2D eigenvalue weighted by Gasteiger charge is -2.50. The third-order valence-corrected chi connectivity index (χ3v) is 44.7. The monoisotopic (exact) mass is 825 g/mol. The van der Waals surface area contributed by atoms with Gasteiger partial charge in [0, 0.05) is 90.5 Å². The molecule has 1 heterocycles. The van der Waals surface area contributed by atoms with Crippen molar-refractivity contribution in [1.82, 2.24) is 48.9 Å². The van der Waals surface area contributed by atoms with Gasteiger partial charge in [-0.1, -0.05) is 0 Å². The van der Waals surface area contributed by atoms with Gasteiger partial charge in [0.05, 0.1) is 0 Å². The summed E-state index contributed by atoms with van der Waals surface area (Å²) in [6, 6.07) is 0. The Hall–Kier alpha value is 4.29. The molecule has 11 nitrogen and oxygen atoms in total. The minimum Gasteiger partial charge on any atom is -0.238 e. The van der Waals surface area contributed by atoms with Crippen LogP contribution in [0.3, 0.4) is 0 Å². The minimum absolute atomic E-state index is 0.430. The van der Waals surface area contributed by atoms with Crippen LogP contribution in [0.4, 0.5) is 0 Å². The lowest BCUT2D eigenvalue weighted by Crippen LogP contribution is -2.29. The summed E-state index contributed by atoms with van der Waals surface area (Å²) in [5.74, 6) is 0. The second-order valence-electron chi connectivity index (χ2n) is 10.8. The summed E-state index contributed by atoms with van der Waals surface area (Å²) in [6.07, 6.45) is 0. The average Bonchev–Trinajstić information content (AvgIpc) is 3.03. The second-order valence-corrected chi connectivity index (χ2v) is 38.2. The highest BCUT2D eigenvalue weighted by Crippen LogP contribution is 2.73. The van der Waals surface area contributed by atoms with Crippen LogP contribution in [0.25, 0.3) is 0 Å². The molecule has 0 N–H and O–H groups in total. The average molecular weight is 826 g/mol. The molecule has 0 spiro atoms. The van der Waals surface area contributed by atoms with Crippen LogP contribution in [-0.4, -0.2) is 200 Å². The molecule has 264 valence electrons. The molecule has 22 heteroatoms. The predicted octanol–water partition coefficient (Wildman–Crippen LogP) is 9.61. The Kier molecular flexibility index (Phi) is 21.6. The zero-order chi connectivity index (χ0) is 34.7. The van der Waals surface area contributed by atoms with E-state index in [0.717, 1.165) is 0 Å². The van der Waals surface area contributed by atoms with Crippen molar-refractivity contribution in [3.05, 3.63) is 0 Å². The summed E-state index contributed by atoms with van der Waals surface area (Å²) in [4.78, 5) is 0. The van der Waals surface area contributed by atoms with E-state index in [2.05, 4.69) is 200 Å². The van der Waals surface area contributed by atoms with Crippen LogP contribution in [0.15, 0.2) is 0 Å². The van der Waals surface area contributed by atoms with Gasteiger partial charge in [-0.05, 0) is 151 Å². The number of hydrogen-bond acceptors (Lipinski definition) is 11. The smallest absolute Gasteiger partial charge is 0.0450 e. The highest BCUT2D eigenvalue weighted by atomic mass is 31.3. The highest BCUT2D eigenvalue weighted by molar-refractivity contribution is 7.83. The largest absolute Gasteiger partial charge is 0.238 e. The first-order valence-electron chi connectivity index (χ1n) is 14.2. The second kappa shape index (κ2) is 20.5. The van der Waals surface area contributed by atoms with E-state index < -0.39 is 90.5 Å². The third-order valence-electron chi connectivity index (χ3n) is 9.22. The van der Waals surface area contributed by atoms with E-state index in [1.165, 1.54) is 0 Å². The molecule has 1 fully saturated rings. The fourth-order valence-corrected chi connectivity index (χ4v) is 34.7. The standard InChI is InChI=1S/C22H66N11P11/c1-23-34(12)24(2)36(14)26(4)38(16)28(6)40(18)30(8)42(20)32(10)44(22)33(11)43(21)31(9)41(19)29(7)39(17)27(5)37(15)25(3)35(23)13/h1-22H3. The fraction of sp³-hybridized carbons (Fsp3) is 1.00. The maximum atomic E-state index is 2.68. The van der Waals surface area contributed by atoms with Gasteiger partial charge in [-0.15, -0.1) is 0 Å². The van der Waals surface area contributed by atoms with Crippen molar-refractivity contribution in [2.75, 3.05) is 151 Å². The first kappa shape index (κ1) is 46.3. The molecule has 0 aliphatic carbocycles. The van der Waals surface area contributed by atoms with E-state index in [1.54, 1.807) is 0 Å². The van der Waals surface area contributed by atoms with Crippen molar-refractivity contribution < 1.29 is 0 Å². The summed E-state index contributed by atoms with van der Waals surface area (Å²) in [5, 5.41) is 0. The molecule has 0 aromatic rings. The van der Waals surface area contributed by atoms with Gasteiger partial charge in [0.2, 0.25) is 0 Å². The Balaban J connectivity index is 3.54. The Labute approximate surface area is 288 Å². The molecule has 1 saturated heterocycles. The van der Waals surface area contributed by atoms with Crippen LogP contribution >= 0.6 is 90.5 Å². The van der Waals surface area contributed by atoms with Crippen molar-refractivity contribution in [2.45, 2.75) is 0 Å². The van der Waals surface area contributed by atoms with Crippen molar-refractivity contribution in [3.8, 4) is 0 Å². The van der Waals surface area contributed by atoms with Gasteiger partial charge in [-0.3, -0.25) is 0 Å². The Morgan fingerprint density at radius 1 is 0.159 bits per heavy atom. The van der Waals surface area contributed by atoms with Crippen LogP contribution in [-0.2, 0) is 0 Å². The van der Waals surface area contributed by atoms with Crippen molar-refractivity contribution in [1.29, 1.82) is 0 Å². The van der Waals surface area contributed by atoms with Crippen molar-refractivity contribution in [2.24, 2.45) is 0 Å². The highest BCUT2D eigenvalue weighted by Gasteiger charge is 2.37. The first-order chi connectivity index (χ1) is 20.0. The molecule has 0 aromatic carbocycles. The molecule has 0 amide bonds. The third kappa shape index (κ3) is 11.1. The molecule has 0 radical (unpaired) electrons. The molecule has 44 heavy (non-hydrogen) atoms. The maximum absolute atomic E-state index is 2.68. The molecule has 0 aromatic heterocycles. The molecule has 1 aliphatic rings.